The third kappa shape index (κ3) is 2.12. The summed E-state index contributed by atoms with van der Waals surface area (Å²) < 4.78 is 19.8. The summed E-state index contributed by atoms with van der Waals surface area (Å²) in [6, 6.07) is 6.28. The van der Waals surface area contributed by atoms with Crippen molar-refractivity contribution in [1.29, 1.82) is 0 Å². The molecule has 0 amide bonds. The molecular weight excluding hydrogens is 261 g/mol. The summed E-state index contributed by atoms with van der Waals surface area (Å²) in [6.45, 7) is 0.849. The molecule has 0 bridgehead atoms. The number of hydrogen-bond acceptors (Lipinski definition) is 4. The predicted molar refractivity (Wildman–Crippen MR) is 72.5 cm³/mol. The fraction of sp³-hybridized carbons (Fsp3) is 0.231. The summed E-state index contributed by atoms with van der Waals surface area (Å²) in [5.41, 5.74) is 8.19. The number of nitrogens with one attached hydrogen (secondary N) is 1. The Morgan fingerprint density at radius 3 is 2.80 bits per heavy atom. The smallest absolute Gasteiger partial charge is 0.182 e. The van der Waals surface area contributed by atoms with E-state index < -0.39 is 0 Å². The molecule has 0 fully saturated rings. The molecule has 0 saturated heterocycles. The molecule has 0 saturated carbocycles. The number of nitrogen functional groups attached to an aromatic ring is 1. The van der Waals surface area contributed by atoms with Gasteiger partial charge >= 0.3 is 0 Å². The molecule has 0 unspecified atom stereocenters. The monoisotopic (exact) mass is 275 g/mol. The van der Waals surface area contributed by atoms with E-state index in [1.54, 1.807) is 23.9 Å². The van der Waals surface area contributed by atoms with E-state index in [0.717, 1.165) is 16.6 Å². The SMILES string of the molecule is COCc1nn(Cc2ccc(F)cc2)c2n[nH]c(N)c12. The second-order valence-electron chi connectivity index (χ2n) is 4.50. The molecule has 3 N–H and O–H groups in total. The fourth-order valence-corrected chi connectivity index (χ4v) is 2.17. The van der Waals surface area contributed by atoms with E-state index in [1.807, 2.05) is 0 Å². The number of hydrogen-bond donors (Lipinski definition) is 2. The average molecular weight is 275 g/mol. The summed E-state index contributed by atoms with van der Waals surface area (Å²) in [6.07, 6.45) is 0. The molecular formula is C13H14FN5O. The third-order valence-corrected chi connectivity index (χ3v) is 3.08. The molecule has 6 nitrogen and oxygen atoms in total. The van der Waals surface area contributed by atoms with Crippen LogP contribution >= 0.6 is 0 Å². The van der Waals surface area contributed by atoms with Gasteiger partial charge in [-0.05, 0) is 17.7 Å². The van der Waals surface area contributed by atoms with E-state index in [0.29, 0.717) is 24.6 Å². The lowest BCUT2D eigenvalue weighted by Crippen LogP contribution is -2.03. The molecule has 1 aromatic carbocycles. The third-order valence-electron chi connectivity index (χ3n) is 3.08. The summed E-state index contributed by atoms with van der Waals surface area (Å²) in [5, 5.41) is 12.1. The maximum Gasteiger partial charge on any atom is 0.182 e. The molecule has 0 atom stereocenters. The summed E-state index contributed by atoms with van der Waals surface area (Å²) >= 11 is 0. The van der Waals surface area contributed by atoms with Gasteiger partial charge in [-0.3, -0.25) is 5.10 Å². The van der Waals surface area contributed by atoms with E-state index in [4.69, 9.17) is 10.5 Å². The Hall–Kier alpha value is -2.41. The number of ether oxygens (including phenoxy) is 1. The molecule has 0 spiro atoms. The first-order chi connectivity index (χ1) is 9.69. The second kappa shape index (κ2) is 4.93. The molecule has 0 aliphatic carbocycles. The van der Waals surface area contributed by atoms with E-state index in [-0.39, 0.29) is 5.82 Å². The van der Waals surface area contributed by atoms with Crippen molar-refractivity contribution in [3.8, 4) is 0 Å². The minimum absolute atomic E-state index is 0.261. The van der Waals surface area contributed by atoms with E-state index in [1.165, 1.54) is 12.1 Å². The summed E-state index contributed by atoms with van der Waals surface area (Å²) in [5.74, 6) is 0.209. The van der Waals surface area contributed by atoms with Crippen LogP contribution < -0.4 is 5.73 Å². The van der Waals surface area contributed by atoms with Gasteiger partial charge in [0.1, 0.15) is 17.3 Å². The molecule has 3 aromatic rings. The van der Waals surface area contributed by atoms with E-state index in [9.17, 15) is 4.39 Å². The molecule has 0 aliphatic rings. The van der Waals surface area contributed by atoms with Crippen molar-refractivity contribution in [3.63, 3.8) is 0 Å². The van der Waals surface area contributed by atoms with Crippen LogP contribution in [0.5, 0.6) is 0 Å². The van der Waals surface area contributed by atoms with Gasteiger partial charge in [0.25, 0.3) is 0 Å². The zero-order valence-corrected chi connectivity index (χ0v) is 10.9. The molecule has 104 valence electrons. The van der Waals surface area contributed by atoms with Crippen molar-refractivity contribution in [2.75, 3.05) is 12.8 Å². The number of H-pyrrole nitrogens is 1. The highest BCUT2D eigenvalue weighted by molar-refractivity contribution is 5.88. The van der Waals surface area contributed by atoms with Crippen LogP contribution in [0, 0.1) is 5.82 Å². The average Bonchev–Trinajstić information content (AvgIpc) is 2.96. The Bertz CT molecular complexity index is 731. The molecule has 2 aromatic heterocycles. The lowest BCUT2D eigenvalue weighted by molar-refractivity contribution is 0.182. The summed E-state index contributed by atoms with van der Waals surface area (Å²) in [7, 11) is 1.60. The first-order valence-corrected chi connectivity index (χ1v) is 6.11. The zero-order valence-electron chi connectivity index (χ0n) is 10.9. The number of benzene rings is 1. The van der Waals surface area contributed by atoms with Crippen molar-refractivity contribution in [1.82, 2.24) is 20.0 Å². The van der Waals surface area contributed by atoms with E-state index in [2.05, 4.69) is 15.3 Å². The Kier molecular flexibility index (Phi) is 3.11. The second-order valence-corrected chi connectivity index (χ2v) is 4.50. The number of aromatic nitrogens is 4. The predicted octanol–water partition coefficient (Wildman–Crippen LogP) is 1.68. The van der Waals surface area contributed by atoms with Crippen LogP contribution in [-0.2, 0) is 17.9 Å². The maximum atomic E-state index is 12.9. The largest absolute Gasteiger partial charge is 0.383 e. The molecule has 0 radical (unpaired) electrons. The molecule has 3 rings (SSSR count). The number of rotatable bonds is 4. The Morgan fingerprint density at radius 1 is 1.35 bits per heavy atom. The minimum Gasteiger partial charge on any atom is -0.383 e. The number of nitrogens with two attached hydrogens (primary N) is 1. The highest BCUT2D eigenvalue weighted by Gasteiger charge is 2.16. The molecule has 20 heavy (non-hydrogen) atoms. The number of halogens is 1. The van der Waals surface area contributed by atoms with Gasteiger partial charge in [0, 0.05) is 7.11 Å². The first kappa shape index (κ1) is 12.6. The Morgan fingerprint density at radius 2 is 2.10 bits per heavy atom. The molecule has 2 heterocycles. The van der Waals surface area contributed by atoms with Crippen LogP contribution in [0.25, 0.3) is 11.0 Å². The van der Waals surface area contributed by atoms with Crippen molar-refractivity contribution in [2.24, 2.45) is 0 Å². The Balaban J connectivity index is 2.01. The van der Waals surface area contributed by atoms with Gasteiger partial charge in [-0.25, -0.2) is 9.07 Å². The van der Waals surface area contributed by atoms with Gasteiger partial charge in [-0.15, -0.1) is 0 Å². The van der Waals surface area contributed by atoms with E-state index >= 15 is 0 Å². The highest BCUT2D eigenvalue weighted by atomic mass is 19.1. The van der Waals surface area contributed by atoms with Crippen LogP contribution in [0.2, 0.25) is 0 Å². The van der Waals surface area contributed by atoms with Crippen molar-refractivity contribution >= 4 is 16.9 Å². The van der Waals surface area contributed by atoms with Crippen molar-refractivity contribution in [2.45, 2.75) is 13.2 Å². The van der Waals surface area contributed by atoms with Crippen LogP contribution in [0.4, 0.5) is 10.2 Å². The topological polar surface area (TPSA) is 81.8 Å². The standard InChI is InChI=1S/C13H14FN5O/c1-20-7-10-11-12(15)16-17-13(11)19(18-10)6-8-2-4-9(14)5-3-8/h2-5H,6-7H2,1H3,(H3,15,16,17). The molecule has 0 aliphatic heterocycles. The van der Waals surface area contributed by atoms with Crippen LogP contribution in [-0.4, -0.2) is 27.1 Å². The van der Waals surface area contributed by atoms with Gasteiger partial charge in [0.15, 0.2) is 5.65 Å². The van der Waals surface area contributed by atoms with Gasteiger partial charge in [0.2, 0.25) is 0 Å². The fourth-order valence-electron chi connectivity index (χ4n) is 2.17. The van der Waals surface area contributed by atoms with Crippen molar-refractivity contribution in [3.05, 3.63) is 41.3 Å². The summed E-state index contributed by atoms with van der Waals surface area (Å²) in [4.78, 5) is 0. The van der Waals surface area contributed by atoms with Gasteiger partial charge in [-0.1, -0.05) is 12.1 Å². The van der Waals surface area contributed by atoms with Gasteiger partial charge in [0.05, 0.1) is 18.5 Å². The number of aromatic amines is 1. The maximum absolute atomic E-state index is 12.9. The number of nitrogens with zero attached hydrogens (tertiary/aromatic N) is 3. The lowest BCUT2D eigenvalue weighted by Gasteiger charge is -2.02. The first-order valence-electron chi connectivity index (χ1n) is 6.11. The van der Waals surface area contributed by atoms with Crippen molar-refractivity contribution < 1.29 is 9.13 Å². The van der Waals surface area contributed by atoms with Gasteiger partial charge < -0.3 is 10.5 Å². The zero-order chi connectivity index (χ0) is 14.1. The normalized spacial score (nSPS) is 11.3. The van der Waals surface area contributed by atoms with Crippen LogP contribution in [0.1, 0.15) is 11.3 Å². The quantitative estimate of drug-likeness (QED) is 0.759. The number of fused-ring (bicyclic) bond motifs is 1. The number of anilines is 1. The Labute approximate surface area is 114 Å². The lowest BCUT2D eigenvalue weighted by atomic mass is 10.2. The molecule has 7 heteroatoms. The number of methoxy groups -OCH3 is 1. The minimum atomic E-state index is -0.261. The van der Waals surface area contributed by atoms with Crippen LogP contribution in [0.3, 0.4) is 0 Å². The van der Waals surface area contributed by atoms with Gasteiger partial charge in [-0.2, -0.15) is 10.2 Å². The highest BCUT2D eigenvalue weighted by Crippen LogP contribution is 2.23. The van der Waals surface area contributed by atoms with Crippen LogP contribution in [0.15, 0.2) is 24.3 Å².